The Morgan fingerprint density at radius 2 is 1.67 bits per heavy atom. The zero-order chi connectivity index (χ0) is 30.1. The molecule has 1 N–H and O–H groups in total. The number of aliphatic hydroxyl groups is 1. The first kappa shape index (κ1) is 29.2. The number of hydrogen-bond donors (Lipinski definition) is 1. The van der Waals surface area contributed by atoms with E-state index in [0.717, 1.165) is 28.5 Å². The van der Waals surface area contributed by atoms with Gasteiger partial charge in [0.15, 0.2) is 0 Å². The van der Waals surface area contributed by atoms with Crippen molar-refractivity contribution in [3.05, 3.63) is 113 Å². The number of nitriles is 1. The van der Waals surface area contributed by atoms with E-state index in [-0.39, 0.29) is 19.5 Å². The largest absolute Gasteiger partial charge is 0.496 e. The summed E-state index contributed by atoms with van der Waals surface area (Å²) in [6, 6.07) is 28.1. The van der Waals surface area contributed by atoms with Crippen molar-refractivity contribution < 1.29 is 27.8 Å². The maximum absolute atomic E-state index is 14.4. The van der Waals surface area contributed by atoms with Crippen LogP contribution in [0.2, 0.25) is 0 Å². The summed E-state index contributed by atoms with van der Waals surface area (Å²) in [6.45, 7) is 1.69. The molecule has 42 heavy (non-hydrogen) atoms. The van der Waals surface area contributed by atoms with Crippen molar-refractivity contribution in [3.63, 3.8) is 0 Å². The average Bonchev–Trinajstić information content (AvgIpc) is 3.00. The number of halogens is 3. The average molecular weight is 573 g/mol. The maximum Gasteiger partial charge on any atom is 0.416 e. The monoisotopic (exact) mass is 572 g/mol. The Labute approximate surface area is 242 Å². The molecule has 1 heterocycles. The van der Waals surface area contributed by atoms with Gasteiger partial charge in [0.1, 0.15) is 11.2 Å². The number of β-amino-alcohol motifs (C(OH)–C–C–N with tert-alkyl or cyclic N) is 1. The topological polar surface area (TPSA) is 73.6 Å². The molecule has 0 radical (unpaired) electrons. The second-order valence-electron chi connectivity index (χ2n) is 10.9. The molecule has 0 bridgehead atoms. The minimum Gasteiger partial charge on any atom is -0.496 e. The van der Waals surface area contributed by atoms with Crippen LogP contribution in [-0.2, 0) is 11.0 Å². The van der Waals surface area contributed by atoms with Crippen LogP contribution in [0.15, 0.2) is 91.0 Å². The molecular formula is C34H31F3N2O3. The molecule has 216 valence electrons. The number of alkyl halides is 3. The van der Waals surface area contributed by atoms with Crippen LogP contribution >= 0.6 is 0 Å². The highest BCUT2D eigenvalue weighted by atomic mass is 19.4. The van der Waals surface area contributed by atoms with Crippen molar-refractivity contribution in [2.45, 2.75) is 37.5 Å². The van der Waals surface area contributed by atoms with Crippen LogP contribution < -0.4 is 4.74 Å². The standard InChI is InChI=1S/C34H31F3N2O3/c1-33(21-38,32(41)39-18-17-26(29(40)20-39)23-11-7-12-24(19-23)34(35,36)37)31(28-14-5-6-16-30(28)42-2)27-15-8-10-22-9-3-4-13-25(22)27/h3-16,19,26,29,31,40H,17-18,20H2,1-2H3/t26?,29-,31?,33-/m1/s1. The first-order chi connectivity index (χ1) is 20.1. The maximum atomic E-state index is 14.4. The Morgan fingerprint density at radius 1 is 1.00 bits per heavy atom. The fourth-order valence-electron chi connectivity index (χ4n) is 6.21. The highest BCUT2D eigenvalue weighted by Crippen LogP contribution is 2.48. The Bertz CT molecular complexity index is 1640. The molecule has 2 unspecified atom stereocenters. The molecule has 1 aliphatic heterocycles. The first-order valence-electron chi connectivity index (χ1n) is 13.7. The van der Waals surface area contributed by atoms with E-state index in [9.17, 15) is 28.3 Å². The lowest BCUT2D eigenvalue weighted by Crippen LogP contribution is -2.52. The van der Waals surface area contributed by atoms with E-state index in [1.165, 1.54) is 11.0 Å². The van der Waals surface area contributed by atoms with Gasteiger partial charge in [-0.25, -0.2) is 0 Å². The van der Waals surface area contributed by atoms with Crippen molar-refractivity contribution in [3.8, 4) is 11.8 Å². The van der Waals surface area contributed by atoms with Crippen LogP contribution in [0.4, 0.5) is 13.2 Å². The van der Waals surface area contributed by atoms with E-state index in [2.05, 4.69) is 6.07 Å². The number of methoxy groups -OCH3 is 1. The van der Waals surface area contributed by atoms with Gasteiger partial charge in [0.2, 0.25) is 5.91 Å². The van der Waals surface area contributed by atoms with Gasteiger partial charge in [0, 0.05) is 30.5 Å². The molecule has 4 aromatic carbocycles. The molecule has 1 amide bonds. The molecular weight excluding hydrogens is 541 g/mol. The summed E-state index contributed by atoms with van der Waals surface area (Å²) < 4.78 is 45.7. The normalized spacial score (nSPS) is 19.5. The zero-order valence-corrected chi connectivity index (χ0v) is 23.3. The summed E-state index contributed by atoms with van der Waals surface area (Å²) in [6.07, 6.45) is -5.35. The lowest BCUT2D eigenvalue weighted by atomic mass is 9.68. The number of aliphatic hydroxyl groups excluding tert-OH is 1. The number of rotatable bonds is 6. The molecule has 1 fully saturated rings. The van der Waals surface area contributed by atoms with E-state index >= 15 is 0 Å². The Balaban J connectivity index is 1.53. The van der Waals surface area contributed by atoms with E-state index in [0.29, 0.717) is 16.9 Å². The molecule has 4 atom stereocenters. The number of piperidine rings is 1. The van der Waals surface area contributed by atoms with Gasteiger partial charge in [-0.1, -0.05) is 78.9 Å². The van der Waals surface area contributed by atoms with Gasteiger partial charge in [-0.2, -0.15) is 18.4 Å². The number of fused-ring (bicyclic) bond motifs is 1. The second kappa shape index (κ2) is 11.5. The Hall–Kier alpha value is -4.35. The molecule has 0 aliphatic carbocycles. The number of ether oxygens (including phenoxy) is 1. The smallest absolute Gasteiger partial charge is 0.416 e. The van der Waals surface area contributed by atoms with E-state index in [1.807, 2.05) is 60.7 Å². The fourth-order valence-corrected chi connectivity index (χ4v) is 6.21. The molecule has 0 saturated carbocycles. The number of likely N-dealkylation sites (tertiary alicyclic amines) is 1. The third kappa shape index (κ3) is 5.33. The molecule has 8 heteroatoms. The lowest BCUT2D eigenvalue weighted by Gasteiger charge is -2.41. The van der Waals surface area contributed by atoms with Gasteiger partial charge in [0.25, 0.3) is 0 Å². The van der Waals surface area contributed by atoms with Crippen molar-refractivity contribution in [1.29, 1.82) is 5.26 Å². The summed E-state index contributed by atoms with van der Waals surface area (Å²) in [4.78, 5) is 15.8. The Kier molecular flexibility index (Phi) is 7.98. The third-order valence-corrected chi connectivity index (χ3v) is 8.35. The van der Waals surface area contributed by atoms with Crippen LogP contribution in [0.25, 0.3) is 10.8 Å². The van der Waals surface area contributed by atoms with Gasteiger partial charge < -0.3 is 14.7 Å². The molecule has 0 spiro atoms. The number of benzene rings is 4. The van der Waals surface area contributed by atoms with Gasteiger partial charge in [0.05, 0.1) is 24.8 Å². The third-order valence-electron chi connectivity index (χ3n) is 8.35. The number of nitrogens with zero attached hydrogens (tertiary/aromatic N) is 2. The SMILES string of the molecule is COc1ccccc1C(c1cccc2ccccc12)[C@@](C)(C#N)C(=O)N1CCC(c2cccc(C(F)(F)F)c2)[C@H](O)C1. The quantitative estimate of drug-likeness (QED) is 0.273. The van der Waals surface area contributed by atoms with Gasteiger partial charge in [-0.05, 0) is 47.4 Å². The number of amides is 1. The summed E-state index contributed by atoms with van der Waals surface area (Å²) in [5, 5.41) is 23.7. The lowest BCUT2D eigenvalue weighted by molar-refractivity contribution is -0.142. The molecule has 1 saturated heterocycles. The summed E-state index contributed by atoms with van der Waals surface area (Å²) in [5.41, 5.74) is -0.559. The van der Waals surface area contributed by atoms with E-state index in [4.69, 9.17) is 4.74 Å². The number of carbonyl (C=O) groups excluding carboxylic acids is 1. The zero-order valence-electron chi connectivity index (χ0n) is 23.3. The van der Waals surface area contributed by atoms with Crippen molar-refractivity contribution in [2.24, 2.45) is 5.41 Å². The first-order valence-corrected chi connectivity index (χ1v) is 13.7. The van der Waals surface area contributed by atoms with Crippen molar-refractivity contribution >= 4 is 16.7 Å². The van der Waals surface area contributed by atoms with Crippen LogP contribution in [-0.4, -0.2) is 42.2 Å². The van der Waals surface area contributed by atoms with Crippen molar-refractivity contribution in [2.75, 3.05) is 20.2 Å². The van der Waals surface area contributed by atoms with Gasteiger partial charge in [-0.15, -0.1) is 0 Å². The highest BCUT2D eigenvalue weighted by molar-refractivity contribution is 5.91. The summed E-state index contributed by atoms with van der Waals surface area (Å²) in [7, 11) is 1.54. The predicted octanol–water partition coefficient (Wildman–Crippen LogP) is 6.91. The van der Waals surface area contributed by atoms with E-state index < -0.39 is 41.0 Å². The molecule has 5 nitrogen and oxygen atoms in total. The van der Waals surface area contributed by atoms with Crippen molar-refractivity contribution in [1.82, 2.24) is 4.90 Å². The summed E-state index contributed by atoms with van der Waals surface area (Å²) in [5.74, 6) is -1.23. The predicted molar refractivity (Wildman–Crippen MR) is 154 cm³/mol. The Morgan fingerprint density at radius 3 is 2.38 bits per heavy atom. The fraction of sp³-hybridized carbons (Fsp3) is 0.294. The van der Waals surface area contributed by atoms with Crippen LogP contribution in [0.3, 0.4) is 0 Å². The van der Waals surface area contributed by atoms with Gasteiger partial charge in [-0.3, -0.25) is 4.79 Å². The molecule has 1 aliphatic rings. The van der Waals surface area contributed by atoms with E-state index in [1.54, 1.807) is 26.2 Å². The minimum absolute atomic E-state index is 0.106. The van der Waals surface area contributed by atoms with Crippen LogP contribution in [0.5, 0.6) is 5.75 Å². The molecule has 4 aromatic rings. The number of carbonyl (C=O) groups is 1. The van der Waals surface area contributed by atoms with Crippen LogP contribution in [0.1, 0.15) is 47.4 Å². The molecule has 5 rings (SSSR count). The van der Waals surface area contributed by atoms with Gasteiger partial charge >= 0.3 is 6.18 Å². The minimum atomic E-state index is -4.50. The summed E-state index contributed by atoms with van der Waals surface area (Å²) >= 11 is 0. The second-order valence-corrected chi connectivity index (χ2v) is 10.9. The molecule has 0 aromatic heterocycles. The number of para-hydroxylation sites is 1. The van der Waals surface area contributed by atoms with Crippen LogP contribution in [0, 0.1) is 16.7 Å². The number of hydrogen-bond acceptors (Lipinski definition) is 4. The highest BCUT2D eigenvalue weighted by Gasteiger charge is 2.48.